The molecule has 6 heteroatoms. The monoisotopic (exact) mass is 282 g/mol. The van der Waals surface area contributed by atoms with Crippen LogP contribution in [0, 0.1) is 5.92 Å². The molecular weight excluding hydrogens is 256 g/mol. The maximum absolute atomic E-state index is 12.3. The Morgan fingerprint density at radius 3 is 2.55 bits per heavy atom. The number of nitrogens with zero attached hydrogens (tertiary/aromatic N) is 1. The third-order valence-corrected chi connectivity index (χ3v) is 4.30. The van der Waals surface area contributed by atoms with Crippen LogP contribution in [0.2, 0.25) is 0 Å². The van der Waals surface area contributed by atoms with Crippen LogP contribution >= 0.6 is 0 Å². The maximum atomic E-state index is 12.3. The van der Waals surface area contributed by atoms with Crippen molar-refractivity contribution in [3.05, 3.63) is 0 Å². The quantitative estimate of drug-likeness (QED) is 0.731. The number of primary amides is 1. The van der Waals surface area contributed by atoms with Gasteiger partial charge in [-0.15, -0.1) is 0 Å². The zero-order valence-electron chi connectivity index (χ0n) is 12.1. The largest absolute Gasteiger partial charge is 0.352 e. The van der Waals surface area contributed by atoms with E-state index in [9.17, 15) is 9.59 Å². The van der Waals surface area contributed by atoms with Crippen LogP contribution in [-0.2, 0) is 0 Å². The molecule has 114 valence electrons. The highest BCUT2D eigenvalue weighted by atomic mass is 16.2. The molecule has 1 aliphatic carbocycles. The van der Waals surface area contributed by atoms with Gasteiger partial charge in [-0.3, -0.25) is 0 Å². The van der Waals surface area contributed by atoms with Crippen LogP contribution in [0.4, 0.5) is 9.59 Å². The molecule has 4 amide bonds. The number of nitrogens with two attached hydrogens (primary N) is 1. The fourth-order valence-corrected chi connectivity index (χ4v) is 3.17. The highest BCUT2D eigenvalue weighted by Gasteiger charge is 2.25. The Balaban J connectivity index is 1.75. The molecule has 4 N–H and O–H groups in total. The van der Waals surface area contributed by atoms with Gasteiger partial charge in [-0.25, -0.2) is 9.59 Å². The van der Waals surface area contributed by atoms with Crippen LogP contribution in [0.1, 0.15) is 44.9 Å². The van der Waals surface area contributed by atoms with Crippen molar-refractivity contribution in [2.75, 3.05) is 19.6 Å². The van der Waals surface area contributed by atoms with Crippen molar-refractivity contribution >= 4 is 12.1 Å². The van der Waals surface area contributed by atoms with Gasteiger partial charge in [0.2, 0.25) is 0 Å². The third-order valence-electron chi connectivity index (χ3n) is 4.30. The first-order valence-electron chi connectivity index (χ1n) is 7.74. The minimum absolute atomic E-state index is 0.0562. The number of piperidine rings is 1. The molecule has 0 radical (unpaired) electrons. The summed E-state index contributed by atoms with van der Waals surface area (Å²) >= 11 is 0. The standard InChI is InChI=1S/C14H26N4O2/c15-13(19)16-9-11-5-4-8-18(10-11)14(20)17-12-6-2-1-3-7-12/h11-12H,1-10H2,(H,17,20)(H3,15,16,19)/t11-/m0/s1. The number of hydrogen-bond acceptors (Lipinski definition) is 2. The lowest BCUT2D eigenvalue weighted by Crippen LogP contribution is -2.50. The van der Waals surface area contributed by atoms with Crippen molar-refractivity contribution in [1.82, 2.24) is 15.5 Å². The molecule has 0 unspecified atom stereocenters. The van der Waals surface area contributed by atoms with Crippen molar-refractivity contribution < 1.29 is 9.59 Å². The first-order chi connectivity index (χ1) is 9.65. The number of urea groups is 2. The predicted octanol–water partition coefficient (Wildman–Crippen LogP) is 1.41. The Morgan fingerprint density at radius 1 is 1.10 bits per heavy atom. The molecule has 1 atom stereocenters. The van der Waals surface area contributed by atoms with Crippen LogP contribution in [0.3, 0.4) is 0 Å². The third kappa shape index (κ3) is 4.58. The molecule has 0 aromatic carbocycles. The molecule has 1 heterocycles. The summed E-state index contributed by atoms with van der Waals surface area (Å²) in [7, 11) is 0. The smallest absolute Gasteiger partial charge is 0.317 e. The number of amides is 4. The van der Waals surface area contributed by atoms with E-state index < -0.39 is 6.03 Å². The molecule has 0 bridgehead atoms. The van der Waals surface area contributed by atoms with E-state index >= 15 is 0 Å². The number of likely N-dealkylation sites (tertiary alicyclic amines) is 1. The van der Waals surface area contributed by atoms with Gasteiger partial charge in [-0.1, -0.05) is 19.3 Å². The lowest BCUT2D eigenvalue weighted by atomic mass is 9.95. The van der Waals surface area contributed by atoms with Gasteiger partial charge < -0.3 is 21.3 Å². The summed E-state index contributed by atoms with van der Waals surface area (Å²) in [6, 6.07) is -0.0881. The molecule has 20 heavy (non-hydrogen) atoms. The summed E-state index contributed by atoms with van der Waals surface area (Å²) in [5, 5.41) is 5.79. The summed E-state index contributed by atoms with van der Waals surface area (Å²) in [4.78, 5) is 24.9. The Bertz CT molecular complexity index is 342. The molecule has 2 rings (SSSR count). The topological polar surface area (TPSA) is 87.5 Å². The van der Waals surface area contributed by atoms with E-state index in [1.807, 2.05) is 4.90 Å². The number of nitrogens with one attached hydrogen (secondary N) is 2. The van der Waals surface area contributed by atoms with Crippen molar-refractivity contribution in [2.24, 2.45) is 11.7 Å². The zero-order chi connectivity index (χ0) is 14.4. The van der Waals surface area contributed by atoms with Gasteiger partial charge in [0.1, 0.15) is 0 Å². The molecular formula is C14H26N4O2. The molecule has 2 aliphatic rings. The summed E-state index contributed by atoms with van der Waals surface area (Å²) < 4.78 is 0. The van der Waals surface area contributed by atoms with Gasteiger partial charge in [-0.2, -0.15) is 0 Å². The normalized spacial score (nSPS) is 24.2. The Hall–Kier alpha value is -1.46. The Labute approximate surface area is 120 Å². The predicted molar refractivity (Wildman–Crippen MR) is 77.3 cm³/mol. The summed E-state index contributed by atoms with van der Waals surface area (Å²) in [5.74, 6) is 0.313. The van der Waals surface area contributed by atoms with Gasteiger partial charge >= 0.3 is 12.1 Å². The van der Waals surface area contributed by atoms with Crippen molar-refractivity contribution in [3.8, 4) is 0 Å². The van der Waals surface area contributed by atoms with Gasteiger partial charge in [0.05, 0.1) is 0 Å². The van der Waals surface area contributed by atoms with E-state index in [1.54, 1.807) is 0 Å². The fourth-order valence-electron chi connectivity index (χ4n) is 3.17. The Morgan fingerprint density at radius 2 is 1.85 bits per heavy atom. The molecule has 1 saturated heterocycles. The van der Waals surface area contributed by atoms with E-state index in [4.69, 9.17) is 5.73 Å². The van der Waals surface area contributed by atoms with E-state index in [0.29, 0.717) is 25.0 Å². The average molecular weight is 282 g/mol. The van der Waals surface area contributed by atoms with Crippen LogP contribution in [0.15, 0.2) is 0 Å². The lowest BCUT2D eigenvalue weighted by Gasteiger charge is -2.34. The van der Waals surface area contributed by atoms with E-state index in [2.05, 4.69) is 10.6 Å². The van der Waals surface area contributed by atoms with E-state index in [1.165, 1.54) is 19.3 Å². The second kappa shape index (κ2) is 7.36. The van der Waals surface area contributed by atoms with Gasteiger partial charge in [0.15, 0.2) is 0 Å². The van der Waals surface area contributed by atoms with Crippen LogP contribution in [0.5, 0.6) is 0 Å². The van der Waals surface area contributed by atoms with Gasteiger partial charge in [0.25, 0.3) is 0 Å². The van der Waals surface area contributed by atoms with Crippen molar-refractivity contribution in [1.29, 1.82) is 0 Å². The highest BCUT2D eigenvalue weighted by Crippen LogP contribution is 2.19. The summed E-state index contributed by atoms with van der Waals surface area (Å²) in [6.07, 6.45) is 7.96. The second-order valence-electron chi connectivity index (χ2n) is 5.98. The second-order valence-corrected chi connectivity index (χ2v) is 5.98. The summed E-state index contributed by atoms with van der Waals surface area (Å²) in [6.45, 7) is 2.08. The van der Waals surface area contributed by atoms with Crippen LogP contribution < -0.4 is 16.4 Å². The number of carbonyl (C=O) groups is 2. The fraction of sp³-hybridized carbons (Fsp3) is 0.857. The SMILES string of the molecule is NC(=O)NC[C@@H]1CCCN(C(=O)NC2CCCCC2)C1. The van der Waals surface area contributed by atoms with Crippen molar-refractivity contribution in [3.63, 3.8) is 0 Å². The number of hydrogen-bond donors (Lipinski definition) is 3. The molecule has 0 aromatic rings. The highest BCUT2D eigenvalue weighted by molar-refractivity contribution is 5.74. The molecule has 0 spiro atoms. The maximum Gasteiger partial charge on any atom is 0.317 e. The zero-order valence-corrected chi connectivity index (χ0v) is 12.1. The minimum atomic E-state index is -0.492. The molecule has 1 aliphatic heterocycles. The number of carbonyl (C=O) groups excluding carboxylic acids is 2. The minimum Gasteiger partial charge on any atom is -0.352 e. The Kier molecular flexibility index (Phi) is 5.49. The number of rotatable bonds is 3. The molecule has 6 nitrogen and oxygen atoms in total. The van der Waals surface area contributed by atoms with Crippen molar-refractivity contribution in [2.45, 2.75) is 51.0 Å². The molecule has 1 saturated carbocycles. The average Bonchev–Trinajstić information content (AvgIpc) is 2.46. The van der Waals surface area contributed by atoms with Gasteiger partial charge in [0, 0.05) is 25.7 Å². The lowest BCUT2D eigenvalue weighted by molar-refractivity contribution is 0.159. The first kappa shape index (κ1) is 14.9. The van der Waals surface area contributed by atoms with Crippen LogP contribution in [0.25, 0.3) is 0 Å². The van der Waals surface area contributed by atoms with Gasteiger partial charge in [-0.05, 0) is 31.6 Å². The van der Waals surface area contributed by atoms with Crippen LogP contribution in [-0.4, -0.2) is 42.6 Å². The molecule has 2 fully saturated rings. The summed E-state index contributed by atoms with van der Waals surface area (Å²) in [5.41, 5.74) is 5.08. The van der Waals surface area contributed by atoms with E-state index in [-0.39, 0.29) is 6.03 Å². The first-order valence-corrected chi connectivity index (χ1v) is 7.74. The molecule has 0 aromatic heterocycles. The van der Waals surface area contributed by atoms with E-state index in [0.717, 1.165) is 32.2 Å².